The molecule has 0 bridgehead atoms. The molecule has 0 atom stereocenters. The second-order valence-corrected chi connectivity index (χ2v) is 8.12. The Labute approximate surface area is 181 Å². The minimum Gasteiger partial charge on any atom is -0.268 e. The van der Waals surface area contributed by atoms with Crippen LogP contribution in [0.1, 0.15) is 17.0 Å². The summed E-state index contributed by atoms with van der Waals surface area (Å²) >= 11 is 8.48. The standard InChI is InChI=1S/C23H16ClIN2O/c1-15-5-4-7-18(13-15)27-22(12-9-16-6-2-3-8-20(16)24)26-21-11-10-17(25)14-19(21)23(27)28/h2-14H,1H3. The molecule has 0 radical (unpaired) electrons. The Morgan fingerprint density at radius 2 is 1.82 bits per heavy atom. The molecule has 0 aliphatic heterocycles. The molecular weight excluding hydrogens is 483 g/mol. The smallest absolute Gasteiger partial charge is 0.266 e. The first kappa shape index (κ1) is 18.9. The predicted octanol–water partition coefficient (Wildman–Crippen LogP) is 6.12. The highest BCUT2D eigenvalue weighted by atomic mass is 127. The van der Waals surface area contributed by atoms with E-state index in [-0.39, 0.29) is 5.56 Å². The van der Waals surface area contributed by atoms with Crippen LogP contribution in [0.4, 0.5) is 0 Å². The van der Waals surface area contributed by atoms with Gasteiger partial charge < -0.3 is 0 Å². The molecule has 28 heavy (non-hydrogen) atoms. The number of rotatable bonds is 3. The maximum atomic E-state index is 13.4. The molecule has 0 unspecified atom stereocenters. The number of benzene rings is 3. The fourth-order valence-electron chi connectivity index (χ4n) is 3.08. The number of halogens is 2. The normalized spacial score (nSPS) is 11.4. The highest BCUT2D eigenvalue weighted by molar-refractivity contribution is 14.1. The molecular formula is C23H16ClIN2O. The first-order chi connectivity index (χ1) is 13.5. The van der Waals surface area contributed by atoms with Crippen LogP contribution in [0.25, 0.3) is 28.7 Å². The van der Waals surface area contributed by atoms with Crippen LogP contribution in [0, 0.1) is 10.5 Å². The first-order valence-corrected chi connectivity index (χ1v) is 10.2. The van der Waals surface area contributed by atoms with Crippen LogP contribution in [-0.4, -0.2) is 9.55 Å². The molecule has 138 valence electrons. The van der Waals surface area contributed by atoms with Gasteiger partial charge in [-0.3, -0.25) is 9.36 Å². The Balaban J connectivity index is 1.98. The van der Waals surface area contributed by atoms with Gasteiger partial charge in [0, 0.05) is 8.59 Å². The Hall–Kier alpha value is -2.44. The van der Waals surface area contributed by atoms with Gasteiger partial charge in [0.15, 0.2) is 0 Å². The minimum absolute atomic E-state index is 0.0899. The summed E-state index contributed by atoms with van der Waals surface area (Å²) < 4.78 is 2.65. The Morgan fingerprint density at radius 3 is 2.61 bits per heavy atom. The Kier molecular flexibility index (Phi) is 5.33. The van der Waals surface area contributed by atoms with Crippen LogP contribution in [0.15, 0.2) is 71.5 Å². The molecule has 0 N–H and O–H groups in total. The molecule has 3 nitrogen and oxygen atoms in total. The topological polar surface area (TPSA) is 34.9 Å². The third-order valence-corrected chi connectivity index (χ3v) is 5.45. The summed E-state index contributed by atoms with van der Waals surface area (Å²) in [6.45, 7) is 2.01. The molecule has 0 fully saturated rings. The van der Waals surface area contributed by atoms with Crippen LogP contribution >= 0.6 is 34.2 Å². The van der Waals surface area contributed by atoms with Crippen molar-refractivity contribution >= 4 is 57.2 Å². The van der Waals surface area contributed by atoms with Gasteiger partial charge in [0.05, 0.1) is 16.6 Å². The van der Waals surface area contributed by atoms with Crippen molar-refractivity contribution < 1.29 is 0 Å². The van der Waals surface area contributed by atoms with E-state index >= 15 is 0 Å². The number of aromatic nitrogens is 2. The van der Waals surface area contributed by atoms with Gasteiger partial charge in [-0.25, -0.2) is 4.98 Å². The van der Waals surface area contributed by atoms with Crippen LogP contribution in [0.3, 0.4) is 0 Å². The van der Waals surface area contributed by atoms with E-state index in [1.165, 1.54) is 0 Å². The van der Waals surface area contributed by atoms with Crippen molar-refractivity contribution in [3.8, 4) is 5.69 Å². The zero-order chi connectivity index (χ0) is 19.7. The van der Waals surface area contributed by atoms with Gasteiger partial charge in [0.2, 0.25) is 0 Å². The van der Waals surface area contributed by atoms with E-state index in [2.05, 4.69) is 22.6 Å². The number of nitrogens with zero attached hydrogens (tertiary/aromatic N) is 2. The van der Waals surface area contributed by atoms with Crippen molar-refractivity contribution in [2.24, 2.45) is 0 Å². The molecule has 1 heterocycles. The van der Waals surface area contributed by atoms with E-state index in [9.17, 15) is 4.79 Å². The molecule has 0 saturated carbocycles. The van der Waals surface area contributed by atoms with Crippen LogP contribution < -0.4 is 5.56 Å². The molecule has 4 rings (SSSR count). The fourth-order valence-corrected chi connectivity index (χ4v) is 3.77. The molecule has 0 saturated heterocycles. The van der Waals surface area contributed by atoms with Gasteiger partial charge in [-0.15, -0.1) is 0 Å². The van der Waals surface area contributed by atoms with Crippen molar-refractivity contribution in [2.75, 3.05) is 0 Å². The number of fused-ring (bicyclic) bond motifs is 1. The molecule has 0 amide bonds. The summed E-state index contributed by atoms with van der Waals surface area (Å²) in [6.07, 6.45) is 3.72. The van der Waals surface area contributed by atoms with Crippen molar-refractivity contribution in [1.82, 2.24) is 9.55 Å². The van der Waals surface area contributed by atoms with Gasteiger partial charge in [-0.2, -0.15) is 0 Å². The predicted molar refractivity (Wildman–Crippen MR) is 125 cm³/mol. The number of hydrogen-bond acceptors (Lipinski definition) is 2. The highest BCUT2D eigenvalue weighted by Crippen LogP contribution is 2.20. The highest BCUT2D eigenvalue weighted by Gasteiger charge is 2.12. The molecule has 1 aromatic heterocycles. The summed E-state index contributed by atoms with van der Waals surface area (Å²) in [4.78, 5) is 18.1. The van der Waals surface area contributed by atoms with Gasteiger partial charge >= 0.3 is 0 Å². The lowest BCUT2D eigenvalue weighted by molar-refractivity contribution is 0.942. The third kappa shape index (κ3) is 3.75. The van der Waals surface area contributed by atoms with Crippen molar-refractivity contribution in [3.05, 3.63) is 103 Å². The fraction of sp³-hybridized carbons (Fsp3) is 0.0435. The zero-order valence-electron chi connectivity index (χ0n) is 15.1. The molecule has 0 aliphatic carbocycles. The average Bonchev–Trinajstić information content (AvgIpc) is 2.68. The Morgan fingerprint density at radius 1 is 1.00 bits per heavy atom. The van der Waals surface area contributed by atoms with E-state index < -0.39 is 0 Å². The summed E-state index contributed by atoms with van der Waals surface area (Å²) in [5, 5.41) is 1.25. The summed E-state index contributed by atoms with van der Waals surface area (Å²) in [5.41, 5.74) is 3.32. The third-order valence-electron chi connectivity index (χ3n) is 4.43. The molecule has 4 aromatic rings. The largest absolute Gasteiger partial charge is 0.268 e. The maximum Gasteiger partial charge on any atom is 0.266 e. The summed E-state index contributed by atoms with van der Waals surface area (Å²) in [6, 6.07) is 21.1. The van der Waals surface area contributed by atoms with Gasteiger partial charge in [0.25, 0.3) is 5.56 Å². The van der Waals surface area contributed by atoms with Gasteiger partial charge in [-0.05, 0) is 89.2 Å². The first-order valence-electron chi connectivity index (χ1n) is 8.75. The quantitative estimate of drug-likeness (QED) is 0.319. The van der Waals surface area contributed by atoms with E-state index in [0.29, 0.717) is 21.7 Å². The lowest BCUT2D eigenvalue weighted by Crippen LogP contribution is -2.22. The minimum atomic E-state index is -0.0899. The average molecular weight is 499 g/mol. The lowest BCUT2D eigenvalue weighted by atomic mass is 10.2. The summed E-state index contributed by atoms with van der Waals surface area (Å²) in [5.74, 6) is 0.559. The van der Waals surface area contributed by atoms with Crippen LogP contribution in [0.2, 0.25) is 5.02 Å². The van der Waals surface area contributed by atoms with Crippen LogP contribution in [-0.2, 0) is 0 Å². The van der Waals surface area contributed by atoms with Crippen molar-refractivity contribution in [2.45, 2.75) is 6.92 Å². The van der Waals surface area contributed by atoms with E-state index in [4.69, 9.17) is 16.6 Å². The zero-order valence-corrected chi connectivity index (χ0v) is 18.0. The van der Waals surface area contributed by atoms with E-state index in [1.54, 1.807) is 4.57 Å². The molecule has 0 aliphatic rings. The SMILES string of the molecule is Cc1cccc(-n2c(C=Cc3ccccc3Cl)nc3ccc(I)cc3c2=O)c1. The second-order valence-electron chi connectivity index (χ2n) is 6.47. The second kappa shape index (κ2) is 7.89. The summed E-state index contributed by atoms with van der Waals surface area (Å²) in [7, 11) is 0. The van der Waals surface area contributed by atoms with Crippen molar-refractivity contribution in [3.63, 3.8) is 0 Å². The maximum absolute atomic E-state index is 13.4. The van der Waals surface area contributed by atoms with Gasteiger partial charge in [-0.1, -0.05) is 41.9 Å². The van der Waals surface area contributed by atoms with E-state index in [1.807, 2.05) is 85.8 Å². The van der Waals surface area contributed by atoms with Crippen LogP contribution in [0.5, 0.6) is 0 Å². The molecule has 5 heteroatoms. The monoisotopic (exact) mass is 498 g/mol. The molecule has 3 aromatic carbocycles. The number of hydrogen-bond donors (Lipinski definition) is 0. The van der Waals surface area contributed by atoms with E-state index in [0.717, 1.165) is 20.4 Å². The Bertz CT molecular complexity index is 1280. The van der Waals surface area contributed by atoms with Crippen molar-refractivity contribution in [1.29, 1.82) is 0 Å². The van der Waals surface area contributed by atoms with Gasteiger partial charge in [0.1, 0.15) is 5.82 Å². The number of aryl methyl sites for hydroxylation is 1. The molecule has 0 spiro atoms. The lowest BCUT2D eigenvalue weighted by Gasteiger charge is -2.12.